The molecule has 2 aromatic rings. The number of amides is 1. The highest BCUT2D eigenvalue weighted by molar-refractivity contribution is 6.03. The second-order valence-electron chi connectivity index (χ2n) is 5.53. The molecule has 1 saturated heterocycles. The molecule has 3 N–H and O–H groups in total. The van der Waals surface area contributed by atoms with Crippen LogP contribution in [0, 0.1) is 12.0 Å². The summed E-state index contributed by atoms with van der Waals surface area (Å²) in [6.45, 7) is 4.22. The SMILES string of the molecule is CC(C1CCNC1)N(C)c1nc2c(C(N)=O)[c]ccc2o1. The maximum atomic E-state index is 11.4. The number of fused-ring (bicyclic) bond motifs is 1. The van der Waals surface area contributed by atoms with Crippen molar-refractivity contribution in [3.63, 3.8) is 0 Å². The van der Waals surface area contributed by atoms with Crippen LogP contribution in [0.1, 0.15) is 23.7 Å². The van der Waals surface area contributed by atoms with Gasteiger partial charge in [-0.3, -0.25) is 4.79 Å². The van der Waals surface area contributed by atoms with Crippen LogP contribution >= 0.6 is 0 Å². The van der Waals surface area contributed by atoms with Crippen molar-refractivity contribution in [1.29, 1.82) is 0 Å². The van der Waals surface area contributed by atoms with Crippen molar-refractivity contribution in [2.24, 2.45) is 11.7 Å². The molecule has 0 saturated carbocycles. The molecule has 1 aliphatic rings. The molecule has 21 heavy (non-hydrogen) atoms. The number of anilines is 1. The van der Waals surface area contributed by atoms with Crippen molar-refractivity contribution < 1.29 is 9.21 Å². The lowest BCUT2D eigenvalue weighted by Gasteiger charge is -2.27. The number of hydrogen-bond donors (Lipinski definition) is 2. The predicted octanol–water partition coefficient (Wildman–Crippen LogP) is 1.16. The Morgan fingerprint density at radius 2 is 2.48 bits per heavy atom. The van der Waals surface area contributed by atoms with Gasteiger partial charge in [-0.2, -0.15) is 4.98 Å². The number of aromatic nitrogens is 1. The third kappa shape index (κ3) is 2.47. The zero-order chi connectivity index (χ0) is 15.0. The summed E-state index contributed by atoms with van der Waals surface area (Å²) in [7, 11) is 1.96. The van der Waals surface area contributed by atoms with Crippen molar-refractivity contribution in [1.82, 2.24) is 10.3 Å². The summed E-state index contributed by atoms with van der Waals surface area (Å²) in [6, 6.07) is 7.00. The van der Waals surface area contributed by atoms with Crippen molar-refractivity contribution in [3.05, 3.63) is 23.8 Å². The molecule has 111 valence electrons. The van der Waals surface area contributed by atoms with Gasteiger partial charge in [-0.25, -0.2) is 0 Å². The molecule has 1 aromatic carbocycles. The highest BCUT2D eigenvalue weighted by Gasteiger charge is 2.27. The van der Waals surface area contributed by atoms with Crippen molar-refractivity contribution in [2.45, 2.75) is 19.4 Å². The van der Waals surface area contributed by atoms with E-state index in [0.29, 0.717) is 29.1 Å². The number of primary amides is 1. The number of oxazole rings is 1. The fourth-order valence-corrected chi connectivity index (χ4v) is 2.80. The Hall–Kier alpha value is -2.08. The molecular formula is C15H19N4O2. The minimum Gasteiger partial charge on any atom is -0.423 e. The lowest BCUT2D eigenvalue weighted by Crippen LogP contribution is -2.36. The Kier molecular flexibility index (Phi) is 3.55. The maximum absolute atomic E-state index is 11.4. The van der Waals surface area contributed by atoms with Gasteiger partial charge in [-0.1, -0.05) is 0 Å². The summed E-state index contributed by atoms with van der Waals surface area (Å²) in [4.78, 5) is 17.9. The smallest absolute Gasteiger partial charge is 0.298 e. The maximum Gasteiger partial charge on any atom is 0.298 e. The first-order valence-electron chi connectivity index (χ1n) is 7.12. The van der Waals surface area contributed by atoms with Gasteiger partial charge >= 0.3 is 0 Å². The zero-order valence-electron chi connectivity index (χ0n) is 12.2. The third-order valence-electron chi connectivity index (χ3n) is 4.28. The standard InChI is InChI=1S/C15H19N4O2/c1-9(10-6-7-17-8-10)19(2)15-18-13-11(14(16)20)4-3-5-12(13)21-15/h3,5,9-10,17H,6-8H2,1-2H3,(H2,16,20). The largest absolute Gasteiger partial charge is 0.423 e. The summed E-state index contributed by atoms with van der Waals surface area (Å²) in [5.74, 6) is 0.0170. The van der Waals surface area contributed by atoms with Crippen molar-refractivity contribution >= 4 is 23.0 Å². The van der Waals surface area contributed by atoms with E-state index in [2.05, 4.69) is 23.3 Å². The van der Waals surface area contributed by atoms with E-state index in [1.807, 2.05) is 11.9 Å². The molecule has 6 heteroatoms. The fourth-order valence-electron chi connectivity index (χ4n) is 2.80. The Labute approximate surface area is 123 Å². The first-order chi connectivity index (χ1) is 10.1. The third-order valence-corrected chi connectivity index (χ3v) is 4.28. The average Bonchev–Trinajstić information content (AvgIpc) is 3.13. The number of hydrogen-bond acceptors (Lipinski definition) is 5. The van der Waals surface area contributed by atoms with Gasteiger partial charge < -0.3 is 20.4 Å². The summed E-state index contributed by atoms with van der Waals surface area (Å²) in [5, 5.41) is 3.37. The Balaban J connectivity index is 1.93. The fraction of sp³-hybridized carbons (Fsp3) is 0.467. The zero-order valence-corrected chi connectivity index (χ0v) is 12.2. The first kappa shape index (κ1) is 13.9. The van der Waals surface area contributed by atoms with Crippen LogP contribution in [0.5, 0.6) is 0 Å². The van der Waals surface area contributed by atoms with Gasteiger partial charge in [0.05, 0.1) is 5.56 Å². The van der Waals surface area contributed by atoms with Gasteiger partial charge in [0.25, 0.3) is 11.9 Å². The molecule has 1 aromatic heterocycles. The van der Waals surface area contributed by atoms with E-state index in [4.69, 9.17) is 10.2 Å². The lowest BCUT2D eigenvalue weighted by molar-refractivity contribution is 0.100. The molecule has 0 spiro atoms. The van der Waals surface area contributed by atoms with Crippen LogP contribution in [0.2, 0.25) is 0 Å². The number of benzene rings is 1. The predicted molar refractivity (Wildman–Crippen MR) is 80.2 cm³/mol. The van der Waals surface area contributed by atoms with Crippen LogP contribution in [-0.4, -0.2) is 37.1 Å². The van der Waals surface area contributed by atoms with Gasteiger partial charge in [-0.15, -0.1) is 0 Å². The second-order valence-corrected chi connectivity index (χ2v) is 5.53. The normalized spacial score (nSPS) is 19.8. The molecular weight excluding hydrogens is 268 g/mol. The van der Waals surface area contributed by atoms with E-state index < -0.39 is 5.91 Å². The van der Waals surface area contributed by atoms with Gasteiger partial charge in [0.1, 0.15) is 5.52 Å². The summed E-state index contributed by atoms with van der Waals surface area (Å²) >= 11 is 0. The molecule has 1 fully saturated rings. The van der Waals surface area contributed by atoms with E-state index >= 15 is 0 Å². The van der Waals surface area contributed by atoms with E-state index in [1.54, 1.807) is 12.1 Å². The van der Waals surface area contributed by atoms with E-state index in [0.717, 1.165) is 19.5 Å². The first-order valence-corrected chi connectivity index (χ1v) is 7.12. The topological polar surface area (TPSA) is 84.4 Å². The number of nitrogens with two attached hydrogens (primary N) is 1. The van der Waals surface area contributed by atoms with Crippen molar-refractivity contribution in [2.75, 3.05) is 25.0 Å². The molecule has 3 rings (SSSR count). The molecule has 0 aliphatic carbocycles. The second kappa shape index (κ2) is 5.37. The lowest BCUT2D eigenvalue weighted by atomic mass is 10.00. The molecule has 2 unspecified atom stereocenters. The van der Waals surface area contributed by atoms with Crippen LogP contribution in [0.15, 0.2) is 16.5 Å². The highest BCUT2D eigenvalue weighted by atomic mass is 16.4. The van der Waals surface area contributed by atoms with Gasteiger partial charge in [0.2, 0.25) is 0 Å². The number of carbonyl (C=O) groups is 1. The minimum absolute atomic E-state index is 0.270. The van der Waals surface area contributed by atoms with Crippen LogP contribution in [-0.2, 0) is 0 Å². The molecule has 0 bridgehead atoms. The molecule has 1 amide bonds. The number of nitrogens with one attached hydrogen (secondary N) is 1. The van der Waals surface area contributed by atoms with Crippen LogP contribution < -0.4 is 16.0 Å². The number of nitrogens with zero attached hydrogens (tertiary/aromatic N) is 2. The monoisotopic (exact) mass is 287 g/mol. The van der Waals surface area contributed by atoms with Crippen LogP contribution in [0.3, 0.4) is 0 Å². The average molecular weight is 287 g/mol. The van der Waals surface area contributed by atoms with Gasteiger partial charge in [-0.05, 0) is 50.6 Å². The quantitative estimate of drug-likeness (QED) is 0.881. The van der Waals surface area contributed by atoms with E-state index in [-0.39, 0.29) is 5.56 Å². The Bertz CT molecular complexity index is 661. The summed E-state index contributed by atoms with van der Waals surface area (Å²) in [5.41, 5.74) is 6.65. The van der Waals surface area contributed by atoms with Gasteiger partial charge in [0.15, 0.2) is 5.58 Å². The number of rotatable bonds is 4. The molecule has 6 nitrogen and oxygen atoms in total. The molecule has 1 aliphatic heterocycles. The Morgan fingerprint density at radius 1 is 1.67 bits per heavy atom. The van der Waals surface area contributed by atoms with Crippen LogP contribution in [0.25, 0.3) is 11.1 Å². The van der Waals surface area contributed by atoms with E-state index in [1.165, 1.54) is 0 Å². The number of carbonyl (C=O) groups excluding carboxylic acids is 1. The minimum atomic E-state index is -0.545. The van der Waals surface area contributed by atoms with E-state index in [9.17, 15) is 4.79 Å². The summed E-state index contributed by atoms with van der Waals surface area (Å²) < 4.78 is 5.77. The van der Waals surface area contributed by atoms with Crippen molar-refractivity contribution in [3.8, 4) is 0 Å². The van der Waals surface area contributed by atoms with Crippen LogP contribution in [0.4, 0.5) is 6.01 Å². The highest BCUT2D eigenvalue weighted by Crippen LogP contribution is 2.27. The molecule has 2 atom stereocenters. The Morgan fingerprint density at radius 3 is 3.14 bits per heavy atom. The molecule has 1 radical (unpaired) electrons. The van der Waals surface area contributed by atoms with Gasteiger partial charge in [0, 0.05) is 13.1 Å². The summed E-state index contributed by atoms with van der Waals surface area (Å²) in [6.07, 6.45) is 1.14. The molecule has 2 heterocycles.